The molecule has 2 rings (SSSR count). The molecule has 0 atom stereocenters. The topological polar surface area (TPSA) is 66.5 Å². The van der Waals surface area contributed by atoms with Crippen LogP contribution in [0.2, 0.25) is 10.0 Å². The summed E-state index contributed by atoms with van der Waals surface area (Å²) in [5, 5.41) is 3.65. The highest BCUT2D eigenvalue weighted by atomic mass is 35.5. The van der Waals surface area contributed by atoms with Crippen molar-refractivity contribution in [2.75, 3.05) is 19.3 Å². The van der Waals surface area contributed by atoms with E-state index in [1.54, 1.807) is 12.1 Å². The highest BCUT2D eigenvalue weighted by Gasteiger charge is 2.26. The summed E-state index contributed by atoms with van der Waals surface area (Å²) in [5.74, 6) is -0.269. The zero-order chi connectivity index (χ0) is 15.6. The Hall–Kier alpha value is -0.820. The maximum absolute atomic E-state index is 12.2. The van der Waals surface area contributed by atoms with E-state index >= 15 is 0 Å². The number of hydrogen-bond donors (Lipinski definition) is 1. The Morgan fingerprint density at radius 1 is 1.29 bits per heavy atom. The van der Waals surface area contributed by atoms with Crippen LogP contribution >= 0.6 is 23.2 Å². The molecule has 21 heavy (non-hydrogen) atoms. The highest BCUT2D eigenvalue weighted by Crippen LogP contribution is 2.21. The van der Waals surface area contributed by atoms with E-state index in [0.29, 0.717) is 41.5 Å². The molecule has 0 aliphatic carbocycles. The summed E-state index contributed by atoms with van der Waals surface area (Å²) in [4.78, 5) is 12.2. The molecular formula is C13H16Cl2N2O3S. The molecule has 1 aliphatic heterocycles. The minimum absolute atomic E-state index is 0.0535. The van der Waals surface area contributed by atoms with Crippen molar-refractivity contribution in [3.8, 4) is 0 Å². The molecule has 5 nitrogen and oxygen atoms in total. The highest BCUT2D eigenvalue weighted by molar-refractivity contribution is 7.88. The average Bonchev–Trinajstić information content (AvgIpc) is 2.38. The molecule has 116 valence electrons. The second-order valence-corrected chi connectivity index (χ2v) is 7.86. The molecule has 1 aliphatic rings. The summed E-state index contributed by atoms with van der Waals surface area (Å²) >= 11 is 11.8. The van der Waals surface area contributed by atoms with E-state index in [1.807, 2.05) is 0 Å². The second-order valence-electron chi connectivity index (χ2n) is 5.03. The van der Waals surface area contributed by atoms with E-state index in [4.69, 9.17) is 23.2 Å². The molecule has 0 saturated carbocycles. The van der Waals surface area contributed by atoms with Gasteiger partial charge in [0.1, 0.15) is 0 Å². The van der Waals surface area contributed by atoms with E-state index in [9.17, 15) is 13.2 Å². The molecule has 0 spiro atoms. The summed E-state index contributed by atoms with van der Waals surface area (Å²) in [6, 6.07) is 4.65. The van der Waals surface area contributed by atoms with Crippen molar-refractivity contribution in [3.63, 3.8) is 0 Å². The first-order valence-corrected chi connectivity index (χ1v) is 9.09. The van der Waals surface area contributed by atoms with Crippen molar-refractivity contribution < 1.29 is 13.2 Å². The number of halogens is 2. The van der Waals surface area contributed by atoms with Gasteiger partial charge in [-0.3, -0.25) is 4.79 Å². The second kappa shape index (κ2) is 6.52. The normalized spacial score (nSPS) is 17.7. The molecular weight excluding hydrogens is 335 g/mol. The third kappa shape index (κ3) is 4.32. The van der Waals surface area contributed by atoms with Crippen LogP contribution in [-0.4, -0.2) is 44.0 Å². The number of hydrogen-bond acceptors (Lipinski definition) is 3. The quantitative estimate of drug-likeness (QED) is 0.907. The van der Waals surface area contributed by atoms with E-state index in [1.165, 1.54) is 16.6 Å². The molecule has 8 heteroatoms. The average molecular weight is 351 g/mol. The maximum Gasteiger partial charge on any atom is 0.253 e. The van der Waals surface area contributed by atoms with Crippen molar-refractivity contribution >= 4 is 39.1 Å². The fraction of sp³-hybridized carbons (Fsp3) is 0.462. The number of sulfonamides is 1. The smallest absolute Gasteiger partial charge is 0.253 e. The Kier molecular flexibility index (Phi) is 5.14. The summed E-state index contributed by atoms with van der Waals surface area (Å²) in [5.41, 5.74) is 0.367. The lowest BCUT2D eigenvalue weighted by atomic mass is 10.1. The van der Waals surface area contributed by atoms with Crippen LogP contribution in [0.15, 0.2) is 18.2 Å². The lowest BCUT2D eigenvalue weighted by Crippen LogP contribution is -2.46. The van der Waals surface area contributed by atoms with Crippen LogP contribution in [0.25, 0.3) is 0 Å². The SMILES string of the molecule is CS(=O)(=O)N1CCC(NC(=O)c2ccc(Cl)cc2Cl)CC1. The van der Waals surface area contributed by atoms with Crippen LogP contribution in [-0.2, 0) is 10.0 Å². The largest absolute Gasteiger partial charge is 0.349 e. The standard InChI is InChI=1S/C13H16Cl2N2O3S/c1-21(19,20)17-6-4-10(5-7-17)16-13(18)11-3-2-9(14)8-12(11)15/h2-3,8,10H,4-7H2,1H3,(H,16,18). The fourth-order valence-electron chi connectivity index (χ4n) is 2.27. The maximum atomic E-state index is 12.2. The molecule has 1 aromatic carbocycles. The first kappa shape index (κ1) is 16.5. The molecule has 0 unspecified atom stereocenters. The van der Waals surface area contributed by atoms with Crippen LogP contribution in [0.4, 0.5) is 0 Å². The van der Waals surface area contributed by atoms with Gasteiger partial charge in [-0.15, -0.1) is 0 Å². The minimum Gasteiger partial charge on any atom is -0.349 e. The molecule has 1 N–H and O–H groups in total. The van der Waals surface area contributed by atoms with Crippen molar-refractivity contribution in [3.05, 3.63) is 33.8 Å². The number of carbonyl (C=O) groups excluding carboxylic acids is 1. The van der Waals surface area contributed by atoms with E-state index in [0.717, 1.165) is 0 Å². The van der Waals surface area contributed by atoms with E-state index in [-0.39, 0.29) is 11.9 Å². The molecule has 1 aromatic rings. The Balaban J connectivity index is 1.96. The van der Waals surface area contributed by atoms with Gasteiger partial charge in [0.05, 0.1) is 16.8 Å². The van der Waals surface area contributed by atoms with E-state index < -0.39 is 10.0 Å². The van der Waals surface area contributed by atoms with E-state index in [2.05, 4.69) is 5.32 Å². The monoisotopic (exact) mass is 350 g/mol. The lowest BCUT2D eigenvalue weighted by Gasteiger charge is -2.30. The molecule has 0 aromatic heterocycles. The zero-order valence-corrected chi connectivity index (χ0v) is 13.8. The summed E-state index contributed by atoms with van der Waals surface area (Å²) in [6.07, 6.45) is 2.37. The van der Waals surface area contributed by atoms with Crippen LogP contribution in [0.1, 0.15) is 23.2 Å². The molecule has 1 heterocycles. The van der Waals surface area contributed by atoms with Crippen LogP contribution in [0.5, 0.6) is 0 Å². The Labute approximate surface area is 134 Å². The third-order valence-electron chi connectivity index (χ3n) is 3.43. The molecule has 1 saturated heterocycles. The van der Waals surface area contributed by atoms with Gasteiger partial charge in [-0.1, -0.05) is 23.2 Å². The Morgan fingerprint density at radius 3 is 2.43 bits per heavy atom. The van der Waals surface area contributed by atoms with Crippen molar-refractivity contribution in [1.29, 1.82) is 0 Å². The molecule has 0 radical (unpaired) electrons. The van der Waals surface area contributed by atoms with Gasteiger partial charge >= 0.3 is 0 Å². The van der Waals surface area contributed by atoms with Gasteiger partial charge in [-0.2, -0.15) is 0 Å². The fourth-order valence-corrected chi connectivity index (χ4v) is 3.64. The number of carbonyl (C=O) groups is 1. The summed E-state index contributed by atoms with van der Waals surface area (Å²) in [6.45, 7) is 0.830. The van der Waals surface area contributed by atoms with Crippen LogP contribution in [0, 0.1) is 0 Å². The third-order valence-corrected chi connectivity index (χ3v) is 5.28. The molecule has 1 fully saturated rings. The minimum atomic E-state index is -3.16. The van der Waals surface area contributed by atoms with Crippen molar-refractivity contribution in [1.82, 2.24) is 9.62 Å². The Bertz CT molecular complexity index is 641. The van der Waals surface area contributed by atoms with Gasteiger partial charge in [0.2, 0.25) is 10.0 Å². The number of nitrogens with zero attached hydrogens (tertiary/aromatic N) is 1. The Morgan fingerprint density at radius 2 is 1.90 bits per heavy atom. The van der Waals surface area contributed by atoms with Gasteiger partial charge in [0, 0.05) is 24.2 Å². The summed E-state index contributed by atoms with van der Waals surface area (Å²) in [7, 11) is -3.16. The molecule has 1 amide bonds. The number of rotatable bonds is 3. The summed E-state index contributed by atoms with van der Waals surface area (Å²) < 4.78 is 24.3. The van der Waals surface area contributed by atoms with Crippen LogP contribution < -0.4 is 5.32 Å². The predicted octanol–water partition coefficient (Wildman–Crippen LogP) is 2.15. The van der Waals surface area contributed by atoms with Gasteiger partial charge in [0.15, 0.2) is 0 Å². The van der Waals surface area contributed by atoms with Gasteiger partial charge in [-0.25, -0.2) is 12.7 Å². The number of amides is 1. The number of piperidine rings is 1. The van der Waals surface area contributed by atoms with Gasteiger partial charge < -0.3 is 5.32 Å². The van der Waals surface area contributed by atoms with Gasteiger partial charge in [-0.05, 0) is 31.0 Å². The number of benzene rings is 1. The van der Waals surface area contributed by atoms with Crippen molar-refractivity contribution in [2.45, 2.75) is 18.9 Å². The lowest BCUT2D eigenvalue weighted by molar-refractivity contribution is 0.0924. The molecule has 0 bridgehead atoms. The van der Waals surface area contributed by atoms with Crippen LogP contribution in [0.3, 0.4) is 0 Å². The first-order valence-electron chi connectivity index (χ1n) is 6.48. The van der Waals surface area contributed by atoms with Gasteiger partial charge in [0.25, 0.3) is 5.91 Å². The predicted molar refractivity (Wildman–Crippen MR) is 83.4 cm³/mol. The zero-order valence-electron chi connectivity index (χ0n) is 11.5. The number of nitrogens with one attached hydrogen (secondary N) is 1. The van der Waals surface area contributed by atoms with Crippen molar-refractivity contribution in [2.24, 2.45) is 0 Å². The first-order chi connectivity index (χ1) is 9.77.